The van der Waals surface area contributed by atoms with Crippen LogP contribution in [0.25, 0.3) is 0 Å². The number of benzene rings is 1. The summed E-state index contributed by atoms with van der Waals surface area (Å²) < 4.78 is 10.2. The molecule has 7 nitrogen and oxygen atoms in total. The Morgan fingerprint density at radius 1 is 1.30 bits per heavy atom. The second-order valence-electron chi connectivity index (χ2n) is 6.23. The molecule has 0 aliphatic heterocycles. The zero-order valence-corrected chi connectivity index (χ0v) is 16.1. The van der Waals surface area contributed by atoms with Crippen LogP contribution >= 0.6 is 11.6 Å². The van der Waals surface area contributed by atoms with Gasteiger partial charge < -0.3 is 19.7 Å². The first-order chi connectivity index (χ1) is 12.9. The van der Waals surface area contributed by atoms with Gasteiger partial charge in [0.25, 0.3) is 5.91 Å². The molecule has 0 radical (unpaired) electrons. The maximum atomic E-state index is 12.2. The number of anilines is 1. The number of nitrogens with one attached hydrogen (secondary N) is 1. The lowest BCUT2D eigenvalue weighted by molar-refractivity contribution is -0.155. The van der Waals surface area contributed by atoms with Crippen molar-refractivity contribution >= 4 is 35.1 Å². The van der Waals surface area contributed by atoms with E-state index in [1.54, 1.807) is 18.2 Å². The van der Waals surface area contributed by atoms with Crippen LogP contribution in [0.2, 0.25) is 5.02 Å². The van der Waals surface area contributed by atoms with Crippen molar-refractivity contribution < 1.29 is 23.9 Å². The van der Waals surface area contributed by atoms with Gasteiger partial charge in [-0.15, -0.1) is 0 Å². The second-order valence-corrected chi connectivity index (χ2v) is 6.67. The van der Waals surface area contributed by atoms with E-state index < -0.39 is 11.8 Å². The summed E-state index contributed by atoms with van der Waals surface area (Å²) in [7, 11) is 2.94. The number of hydrogen-bond donors (Lipinski definition) is 1. The molecule has 2 rings (SSSR count). The molecule has 0 bridgehead atoms. The van der Waals surface area contributed by atoms with Crippen molar-refractivity contribution in [3.05, 3.63) is 35.4 Å². The Morgan fingerprint density at radius 2 is 2.07 bits per heavy atom. The summed E-state index contributed by atoms with van der Waals surface area (Å²) in [6.07, 6.45) is 6.16. The molecule has 1 aromatic carbocycles. The highest BCUT2D eigenvalue weighted by molar-refractivity contribution is 6.31. The zero-order valence-electron chi connectivity index (χ0n) is 15.4. The number of ether oxygens (including phenoxy) is 2. The molecule has 0 spiro atoms. The number of likely N-dealkylation sites (N-methyl/N-ethyl adjacent to an activating group) is 1. The van der Waals surface area contributed by atoms with Crippen LogP contribution in [-0.4, -0.2) is 50.0 Å². The number of rotatable bonds is 7. The molecule has 0 saturated carbocycles. The summed E-state index contributed by atoms with van der Waals surface area (Å²) in [5.74, 6) is -1.00. The Bertz CT molecular complexity index is 735. The summed E-state index contributed by atoms with van der Waals surface area (Å²) in [6.45, 7) is -0.582. The van der Waals surface area contributed by atoms with Crippen LogP contribution in [0.5, 0.6) is 5.75 Å². The van der Waals surface area contributed by atoms with Gasteiger partial charge in [0.05, 0.1) is 25.3 Å². The largest absolute Gasteiger partial charge is 0.495 e. The molecule has 0 saturated heterocycles. The van der Waals surface area contributed by atoms with Crippen molar-refractivity contribution in [1.82, 2.24) is 4.90 Å². The number of amides is 2. The first kappa shape index (κ1) is 20.8. The number of esters is 1. The van der Waals surface area contributed by atoms with Gasteiger partial charge in [-0.05, 0) is 37.5 Å². The lowest BCUT2D eigenvalue weighted by Crippen LogP contribution is -2.38. The highest BCUT2D eigenvalue weighted by atomic mass is 35.5. The smallest absolute Gasteiger partial charge is 0.309 e. The topological polar surface area (TPSA) is 84.9 Å². The van der Waals surface area contributed by atoms with Crippen molar-refractivity contribution in [3.63, 3.8) is 0 Å². The van der Waals surface area contributed by atoms with Gasteiger partial charge in [0, 0.05) is 12.1 Å². The SMILES string of the molecule is COc1ccc(Cl)cc1NC(=O)CN(C)C(=O)COC(=O)[C@H]1CC=CCC1. The normalized spacial score (nSPS) is 15.7. The lowest BCUT2D eigenvalue weighted by Gasteiger charge is -2.19. The third-order valence-corrected chi connectivity index (χ3v) is 4.42. The van der Waals surface area contributed by atoms with Gasteiger partial charge in [-0.1, -0.05) is 23.8 Å². The monoisotopic (exact) mass is 394 g/mol. The summed E-state index contributed by atoms with van der Waals surface area (Å²) in [4.78, 5) is 37.4. The van der Waals surface area contributed by atoms with E-state index in [4.69, 9.17) is 21.1 Å². The molecule has 0 heterocycles. The molecule has 27 heavy (non-hydrogen) atoms. The summed E-state index contributed by atoms with van der Waals surface area (Å²) >= 11 is 5.92. The minimum Gasteiger partial charge on any atom is -0.495 e. The molecule has 1 aliphatic rings. The van der Waals surface area contributed by atoms with Gasteiger partial charge in [-0.25, -0.2) is 0 Å². The number of carbonyl (C=O) groups is 3. The number of carbonyl (C=O) groups excluding carboxylic acids is 3. The molecule has 0 aromatic heterocycles. The van der Waals surface area contributed by atoms with Crippen LogP contribution in [0.15, 0.2) is 30.4 Å². The van der Waals surface area contributed by atoms with E-state index >= 15 is 0 Å². The third-order valence-electron chi connectivity index (χ3n) is 4.18. The Balaban J connectivity index is 1.81. The predicted molar refractivity (Wildman–Crippen MR) is 102 cm³/mol. The van der Waals surface area contributed by atoms with Crippen molar-refractivity contribution in [1.29, 1.82) is 0 Å². The molecule has 1 N–H and O–H groups in total. The molecule has 2 amide bonds. The van der Waals surface area contributed by atoms with Crippen LogP contribution < -0.4 is 10.1 Å². The van der Waals surface area contributed by atoms with Crippen LogP contribution in [0.4, 0.5) is 5.69 Å². The Labute approximate surface area is 163 Å². The fraction of sp³-hybridized carbons (Fsp3) is 0.421. The number of allylic oxidation sites excluding steroid dienone is 2. The standard InChI is InChI=1S/C19H23ClN2O5/c1-22(18(24)12-27-19(25)13-6-4-3-5-7-13)11-17(23)21-15-10-14(20)8-9-16(15)26-2/h3-4,8-10,13H,5-7,11-12H2,1-2H3,(H,21,23)/t13-/m0/s1. The number of methoxy groups -OCH3 is 1. The first-order valence-corrected chi connectivity index (χ1v) is 8.97. The lowest BCUT2D eigenvalue weighted by atomic mass is 9.95. The number of halogens is 1. The van der Waals surface area contributed by atoms with E-state index in [2.05, 4.69) is 5.32 Å². The fourth-order valence-corrected chi connectivity index (χ4v) is 2.81. The third kappa shape index (κ3) is 6.29. The van der Waals surface area contributed by atoms with Gasteiger partial charge in [0.1, 0.15) is 5.75 Å². The van der Waals surface area contributed by atoms with Crippen molar-refractivity contribution in [3.8, 4) is 5.75 Å². The van der Waals surface area contributed by atoms with E-state index in [1.165, 1.54) is 19.1 Å². The molecular weight excluding hydrogens is 372 g/mol. The average molecular weight is 395 g/mol. The molecule has 8 heteroatoms. The molecular formula is C19H23ClN2O5. The van der Waals surface area contributed by atoms with Crippen LogP contribution in [0.1, 0.15) is 19.3 Å². The number of hydrogen-bond acceptors (Lipinski definition) is 5. The summed E-state index contributed by atoms with van der Waals surface area (Å²) in [5, 5.41) is 3.09. The van der Waals surface area contributed by atoms with Gasteiger partial charge in [-0.2, -0.15) is 0 Å². The summed E-state index contributed by atoms with van der Waals surface area (Å²) in [5.41, 5.74) is 0.410. The minimum absolute atomic E-state index is 0.196. The van der Waals surface area contributed by atoms with Gasteiger partial charge in [0.15, 0.2) is 6.61 Å². The number of nitrogens with zero attached hydrogens (tertiary/aromatic N) is 1. The van der Waals surface area contributed by atoms with E-state index in [-0.39, 0.29) is 25.0 Å². The van der Waals surface area contributed by atoms with Gasteiger partial charge >= 0.3 is 5.97 Å². The van der Waals surface area contributed by atoms with Gasteiger partial charge in [-0.3, -0.25) is 14.4 Å². The molecule has 1 atom stereocenters. The highest BCUT2D eigenvalue weighted by Crippen LogP contribution is 2.27. The Morgan fingerprint density at radius 3 is 2.74 bits per heavy atom. The zero-order chi connectivity index (χ0) is 19.8. The van der Waals surface area contributed by atoms with Crippen molar-refractivity contribution in [2.75, 3.05) is 32.6 Å². The van der Waals surface area contributed by atoms with Crippen LogP contribution in [-0.2, 0) is 19.1 Å². The van der Waals surface area contributed by atoms with Crippen molar-refractivity contribution in [2.45, 2.75) is 19.3 Å². The maximum absolute atomic E-state index is 12.2. The molecule has 1 aliphatic carbocycles. The second kappa shape index (κ2) is 9.97. The molecule has 0 fully saturated rings. The van der Waals surface area contributed by atoms with Crippen LogP contribution in [0, 0.1) is 5.92 Å². The maximum Gasteiger partial charge on any atom is 0.309 e. The Kier molecular flexibility index (Phi) is 7.67. The molecule has 1 aromatic rings. The predicted octanol–water partition coefficient (Wildman–Crippen LogP) is 2.65. The van der Waals surface area contributed by atoms with E-state index in [0.717, 1.165) is 12.8 Å². The quantitative estimate of drug-likeness (QED) is 0.567. The highest BCUT2D eigenvalue weighted by Gasteiger charge is 2.22. The van der Waals surface area contributed by atoms with E-state index in [0.29, 0.717) is 22.9 Å². The minimum atomic E-state index is -0.456. The molecule has 0 unspecified atom stereocenters. The van der Waals surface area contributed by atoms with Gasteiger partial charge in [0.2, 0.25) is 5.91 Å². The molecule has 146 valence electrons. The first-order valence-electron chi connectivity index (χ1n) is 8.59. The average Bonchev–Trinajstić information content (AvgIpc) is 2.66. The fourth-order valence-electron chi connectivity index (χ4n) is 2.64. The van der Waals surface area contributed by atoms with Crippen molar-refractivity contribution in [2.24, 2.45) is 5.92 Å². The van der Waals surface area contributed by atoms with E-state index in [1.807, 2.05) is 12.2 Å². The van der Waals surface area contributed by atoms with Crippen LogP contribution in [0.3, 0.4) is 0 Å². The Hall–Kier alpha value is -2.54. The van der Waals surface area contributed by atoms with E-state index in [9.17, 15) is 14.4 Å². The summed E-state index contributed by atoms with van der Waals surface area (Å²) in [6, 6.07) is 4.83.